The summed E-state index contributed by atoms with van der Waals surface area (Å²) in [5.41, 5.74) is 2.97. The average Bonchev–Trinajstić information content (AvgIpc) is 2.94. The van der Waals surface area contributed by atoms with Gasteiger partial charge in [0.2, 0.25) is 4.77 Å². The van der Waals surface area contributed by atoms with E-state index in [0.717, 1.165) is 22.4 Å². The minimum atomic E-state index is 0.438. The van der Waals surface area contributed by atoms with E-state index >= 15 is 0 Å². The Hall–Kier alpha value is -2.73. The van der Waals surface area contributed by atoms with Crippen LogP contribution in [0.15, 0.2) is 53.6 Å². The van der Waals surface area contributed by atoms with Gasteiger partial charge in [-0.25, -0.2) is 5.10 Å². The molecule has 0 radical (unpaired) electrons. The van der Waals surface area contributed by atoms with Crippen LogP contribution in [0.2, 0.25) is 0 Å². The zero-order chi connectivity index (χ0) is 16.2. The van der Waals surface area contributed by atoms with Crippen LogP contribution in [0, 0.1) is 11.7 Å². The molecule has 0 amide bonds. The second kappa shape index (κ2) is 6.58. The highest BCUT2D eigenvalue weighted by Crippen LogP contribution is 2.19. The van der Waals surface area contributed by atoms with Gasteiger partial charge in [-0.3, -0.25) is 0 Å². The van der Waals surface area contributed by atoms with Gasteiger partial charge in [0, 0.05) is 11.1 Å². The summed E-state index contributed by atoms with van der Waals surface area (Å²) >= 11 is 5.28. The average molecular weight is 324 g/mol. The maximum absolute atomic E-state index is 5.33. The highest BCUT2D eigenvalue weighted by molar-refractivity contribution is 7.71. The smallest absolute Gasteiger partial charge is 0.216 e. The van der Waals surface area contributed by atoms with Crippen LogP contribution >= 0.6 is 12.2 Å². The van der Waals surface area contributed by atoms with Gasteiger partial charge >= 0.3 is 0 Å². The van der Waals surface area contributed by atoms with Crippen LogP contribution in [0.5, 0.6) is 5.75 Å². The number of nitrogens with zero attached hydrogens (tertiary/aromatic N) is 3. The predicted molar refractivity (Wildman–Crippen MR) is 93.6 cm³/mol. The van der Waals surface area contributed by atoms with Crippen molar-refractivity contribution in [1.29, 1.82) is 0 Å². The Labute approximate surface area is 139 Å². The Morgan fingerprint density at radius 1 is 1.22 bits per heavy atom. The quantitative estimate of drug-likeness (QED) is 0.586. The third-order valence-electron chi connectivity index (χ3n) is 3.38. The molecular weight excluding hydrogens is 308 g/mol. The second-order valence-electron chi connectivity index (χ2n) is 5.02. The SMILES string of the molecule is COc1ccccc1/C=N/n1c(-c2cccc(C)c2)n[nH]c1=S. The normalized spacial score (nSPS) is 11.0. The van der Waals surface area contributed by atoms with Gasteiger partial charge < -0.3 is 4.74 Å². The molecule has 23 heavy (non-hydrogen) atoms. The lowest BCUT2D eigenvalue weighted by atomic mass is 10.1. The summed E-state index contributed by atoms with van der Waals surface area (Å²) in [7, 11) is 1.63. The Kier molecular flexibility index (Phi) is 4.34. The van der Waals surface area contributed by atoms with Crippen molar-refractivity contribution >= 4 is 18.4 Å². The van der Waals surface area contributed by atoms with Crippen molar-refractivity contribution < 1.29 is 4.74 Å². The molecule has 3 aromatic rings. The van der Waals surface area contributed by atoms with Crippen molar-refractivity contribution in [2.45, 2.75) is 6.92 Å². The number of aryl methyl sites for hydroxylation is 1. The topological polar surface area (TPSA) is 55.2 Å². The lowest BCUT2D eigenvalue weighted by molar-refractivity contribution is 0.414. The molecule has 0 fully saturated rings. The van der Waals surface area contributed by atoms with E-state index in [9.17, 15) is 0 Å². The van der Waals surface area contributed by atoms with Crippen LogP contribution < -0.4 is 4.74 Å². The minimum absolute atomic E-state index is 0.438. The Morgan fingerprint density at radius 3 is 2.83 bits per heavy atom. The molecule has 1 aromatic heterocycles. The molecule has 0 aliphatic carbocycles. The first-order valence-electron chi connectivity index (χ1n) is 7.11. The number of aromatic nitrogens is 3. The van der Waals surface area contributed by atoms with Crippen molar-refractivity contribution in [2.75, 3.05) is 7.11 Å². The number of H-pyrrole nitrogens is 1. The van der Waals surface area contributed by atoms with Crippen LogP contribution in [0.3, 0.4) is 0 Å². The molecule has 0 atom stereocenters. The van der Waals surface area contributed by atoms with Gasteiger partial charge in [0.05, 0.1) is 13.3 Å². The van der Waals surface area contributed by atoms with E-state index in [0.29, 0.717) is 10.6 Å². The van der Waals surface area contributed by atoms with E-state index < -0.39 is 0 Å². The molecule has 2 aromatic carbocycles. The summed E-state index contributed by atoms with van der Waals surface area (Å²) in [6.45, 7) is 2.03. The molecule has 0 saturated heterocycles. The molecule has 5 nitrogen and oxygen atoms in total. The Balaban J connectivity index is 2.03. The minimum Gasteiger partial charge on any atom is -0.496 e. The highest BCUT2D eigenvalue weighted by atomic mass is 32.1. The molecule has 116 valence electrons. The van der Waals surface area contributed by atoms with E-state index in [1.807, 2.05) is 55.5 Å². The molecule has 0 aliphatic heterocycles. The van der Waals surface area contributed by atoms with Crippen LogP contribution in [0.4, 0.5) is 0 Å². The first-order valence-corrected chi connectivity index (χ1v) is 7.51. The van der Waals surface area contributed by atoms with Gasteiger partial charge in [-0.1, -0.05) is 35.9 Å². The number of para-hydroxylation sites is 1. The summed E-state index contributed by atoms with van der Waals surface area (Å²) in [5, 5.41) is 11.5. The second-order valence-corrected chi connectivity index (χ2v) is 5.41. The Bertz CT molecular complexity index is 911. The van der Waals surface area contributed by atoms with E-state index in [4.69, 9.17) is 17.0 Å². The zero-order valence-electron chi connectivity index (χ0n) is 12.9. The van der Waals surface area contributed by atoms with Crippen molar-refractivity contribution in [2.24, 2.45) is 5.10 Å². The van der Waals surface area contributed by atoms with Crippen LogP contribution in [-0.2, 0) is 0 Å². The Morgan fingerprint density at radius 2 is 2.04 bits per heavy atom. The fraction of sp³-hybridized carbons (Fsp3) is 0.118. The number of ether oxygens (including phenoxy) is 1. The maximum atomic E-state index is 5.33. The van der Waals surface area contributed by atoms with E-state index in [1.165, 1.54) is 0 Å². The number of hydrogen-bond acceptors (Lipinski definition) is 4. The molecule has 1 N–H and O–H groups in total. The molecule has 0 unspecified atom stereocenters. The van der Waals surface area contributed by atoms with Crippen LogP contribution in [0.1, 0.15) is 11.1 Å². The number of benzene rings is 2. The number of methoxy groups -OCH3 is 1. The number of aromatic amines is 1. The number of rotatable bonds is 4. The molecular formula is C17H16N4OS. The molecule has 1 heterocycles. The van der Waals surface area contributed by atoms with Gasteiger partial charge in [0.1, 0.15) is 5.75 Å². The summed E-state index contributed by atoms with van der Waals surface area (Å²) in [4.78, 5) is 0. The maximum Gasteiger partial charge on any atom is 0.216 e. The largest absolute Gasteiger partial charge is 0.496 e. The van der Waals surface area contributed by atoms with Crippen molar-refractivity contribution in [3.63, 3.8) is 0 Å². The van der Waals surface area contributed by atoms with Gasteiger partial charge in [0.25, 0.3) is 0 Å². The first kappa shape index (κ1) is 15.2. The van der Waals surface area contributed by atoms with Crippen molar-refractivity contribution in [1.82, 2.24) is 14.9 Å². The lowest BCUT2D eigenvalue weighted by Crippen LogP contribution is -1.96. The molecule has 0 aliphatic rings. The molecule has 0 bridgehead atoms. The van der Waals surface area contributed by atoms with Crippen molar-refractivity contribution in [3.05, 3.63) is 64.4 Å². The molecule has 6 heteroatoms. The van der Waals surface area contributed by atoms with Gasteiger partial charge in [0.15, 0.2) is 5.82 Å². The van der Waals surface area contributed by atoms with Crippen LogP contribution in [0.25, 0.3) is 11.4 Å². The summed E-state index contributed by atoms with van der Waals surface area (Å²) in [6.07, 6.45) is 1.71. The van der Waals surface area contributed by atoms with Crippen LogP contribution in [-0.4, -0.2) is 28.2 Å². The zero-order valence-corrected chi connectivity index (χ0v) is 13.7. The van der Waals surface area contributed by atoms with E-state index in [2.05, 4.69) is 15.3 Å². The van der Waals surface area contributed by atoms with E-state index in [1.54, 1.807) is 18.0 Å². The third kappa shape index (κ3) is 3.22. The van der Waals surface area contributed by atoms with Gasteiger partial charge in [-0.15, -0.1) is 0 Å². The summed E-state index contributed by atoms with van der Waals surface area (Å²) in [5.74, 6) is 1.42. The van der Waals surface area contributed by atoms with Gasteiger partial charge in [-0.05, 0) is 37.3 Å². The molecule has 3 rings (SSSR count). The monoisotopic (exact) mass is 324 g/mol. The number of hydrogen-bond donors (Lipinski definition) is 1. The first-order chi connectivity index (χ1) is 11.2. The molecule has 0 spiro atoms. The van der Waals surface area contributed by atoms with E-state index in [-0.39, 0.29) is 0 Å². The molecule has 0 saturated carbocycles. The standard InChI is InChI=1S/C17H16N4OS/c1-12-6-5-8-13(10-12)16-19-20-17(23)21(16)18-11-14-7-3-4-9-15(14)22-2/h3-11H,1-2H3,(H,20,23)/b18-11+. The fourth-order valence-electron chi connectivity index (χ4n) is 2.26. The lowest BCUT2D eigenvalue weighted by Gasteiger charge is -2.04. The summed E-state index contributed by atoms with van der Waals surface area (Å²) < 4.78 is 7.37. The number of nitrogens with one attached hydrogen (secondary N) is 1. The third-order valence-corrected chi connectivity index (χ3v) is 3.64. The van der Waals surface area contributed by atoms with Crippen molar-refractivity contribution in [3.8, 4) is 17.1 Å². The predicted octanol–water partition coefficient (Wildman–Crippen LogP) is 3.81. The summed E-state index contributed by atoms with van der Waals surface area (Å²) in [6, 6.07) is 15.7. The highest BCUT2D eigenvalue weighted by Gasteiger charge is 2.08. The van der Waals surface area contributed by atoms with Gasteiger partial charge in [-0.2, -0.15) is 14.9 Å². The fourth-order valence-corrected chi connectivity index (χ4v) is 2.44.